The number of imidazole rings is 1. The number of hydrogen-bond acceptors (Lipinski definition) is 5. The third-order valence-corrected chi connectivity index (χ3v) is 6.39. The number of benzene rings is 3. The highest BCUT2D eigenvalue weighted by atomic mass is 16.6. The first-order valence-electron chi connectivity index (χ1n) is 12.5. The van der Waals surface area contributed by atoms with Crippen LogP contribution >= 0.6 is 0 Å². The molecule has 0 amide bonds. The Morgan fingerprint density at radius 2 is 1.84 bits per heavy atom. The van der Waals surface area contributed by atoms with Crippen molar-refractivity contribution < 1.29 is 14.8 Å². The first-order chi connectivity index (χ1) is 18.2. The second-order valence-corrected chi connectivity index (χ2v) is 9.46. The molecule has 0 spiro atoms. The summed E-state index contributed by atoms with van der Waals surface area (Å²) >= 11 is 0. The van der Waals surface area contributed by atoms with Crippen LogP contribution in [0.5, 0.6) is 0 Å². The number of carboxylic acid groups (broad SMARTS) is 1. The Balaban J connectivity index is 1.75. The summed E-state index contributed by atoms with van der Waals surface area (Å²) < 4.78 is 2.17. The van der Waals surface area contributed by atoms with Crippen LogP contribution in [0.15, 0.2) is 65.7 Å². The van der Waals surface area contributed by atoms with Crippen molar-refractivity contribution in [2.75, 3.05) is 20.6 Å². The number of aromatic carboxylic acids is 1. The quantitative estimate of drug-likeness (QED) is 0.135. The minimum atomic E-state index is -0.955. The van der Waals surface area contributed by atoms with Crippen molar-refractivity contribution in [1.29, 1.82) is 0 Å². The van der Waals surface area contributed by atoms with Crippen molar-refractivity contribution in [2.45, 2.75) is 33.2 Å². The maximum Gasteiger partial charge on any atom is 0.336 e. The average molecular weight is 514 g/mol. The molecule has 0 aliphatic carbocycles. The number of amidine groups is 1. The van der Waals surface area contributed by atoms with E-state index in [-0.39, 0.29) is 17.0 Å². The molecular formula is C29H31N5O4. The van der Waals surface area contributed by atoms with Gasteiger partial charge in [-0.05, 0) is 53.8 Å². The molecule has 38 heavy (non-hydrogen) atoms. The van der Waals surface area contributed by atoms with E-state index in [1.165, 1.54) is 0 Å². The van der Waals surface area contributed by atoms with Gasteiger partial charge in [-0.3, -0.25) is 10.1 Å². The van der Waals surface area contributed by atoms with Crippen LogP contribution < -0.4 is 0 Å². The van der Waals surface area contributed by atoms with Gasteiger partial charge in [-0.2, -0.15) is 0 Å². The van der Waals surface area contributed by atoms with Crippen molar-refractivity contribution in [3.63, 3.8) is 0 Å². The fourth-order valence-electron chi connectivity index (χ4n) is 4.51. The van der Waals surface area contributed by atoms with Crippen molar-refractivity contribution >= 4 is 28.5 Å². The number of carboxylic acids is 1. The van der Waals surface area contributed by atoms with Crippen LogP contribution in [0.1, 0.15) is 40.7 Å². The summed E-state index contributed by atoms with van der Waals surface area (Å²) in [7, 11) is 3.49. The molecule has 0 atom stereocenters. The van der Waals surface area contributed by atoms with Crippen LogP contribution in [0.3, 0.4) is 0 Å². The van der Waals surface area contributed by atoms with Gasteiger partial charge in [0.1, 0.15) is 5.82 Å². The van der Waals surface area contributed by atoms with Gasteiger partial charge in [0.2, 0.25) is 0 Å². The normalized spacial score (nSPS) is 11.6. The number of nitro groups is 1. The first kappa shape index (κ1) is 26.5. The molecule has 0 aliphatic heterocycles. The van der Waals surface area contributed by atoms with E-state index in [4.69, 9.17) is 4.98 Å². The van der Waals surface area contributed by atoms with Gasteiger partial charge >= 0.3 is 5.97 Å². The number of aliphatic imine (C=N–C) groups is 1. The van der Waals surface area contributed by atoms with E-state index in [1.807, 2.05) is 55.5 Å². The summed E-state index contributed by atoms with van der Waals surface area (Å²) in [6.45, 7) is 4.31. The van der Waals surface area contributed by atoms with Crippen molar-refractivity contribution in [3.05, 3.63) is 93.3 Å². The molecule has 196 valence electrons. The highest BCUT2D eigenvalue weighted by Gasteiger charge is 2.16. The lowest BCUT2D eigenvalue weighted by molar-refractivity contribution is -0.464. The summed E-state index contributed by atoms with van der Waals surface area (Å²) in [6, 6.07) is 18.7. The lowest BCUT2D eigenvalue weighted by atomic mass is 9.99. The molecule has 0 fully saturated rings. The van der Waals surface area contributed by atoms with Crippen LogP contribution in [0.4, 0.5) is 5.69 Å². The van der Waals surface area contributed by atoms with Crippen LogP contribution in [-0.2, 0) is 13.0 Å². The number of fused-ring (bicyclic) bond motifs is 1. The number of hydrogen-bond donors (Lipinski definition) is 1. The predicted molar refractivity (Wildman–Crippen MR) is 149 cm³/mol. The summed E-state index contributed by atoms with van der Waals surface area (Å²) in [5.74, 6) is 0.374. The third-order valence-electron chi connectivity index (χ3n) is 6.39. The summed E-state index contributed by atoms with van der Waals surface area (Å²) in [5.41, 5.74) is 6.24. The zero-order valence-electron chi connectivity index (χ0n) is 22.0. The molecule has 0 saturated carbocycles. The number of aromatic nitrogens is 2. The lowest BCUT2D eigenvalue weighted by Gasteiger charge is -2.13. The molecule has 1 N–H and O–H groups in total. The maximum absolute atomic E-state index is 11.7. The summed E-state index contributed by atoms with van der Waals surface area (Å²) in [5, 5.41) is 20.7. The molecule has 4 aromatic rings. The van der Waals surface area contributed by atoms with Gasteiger partial charge in [-0.1, -0.05) is 49.4 Å². The fraction of sp³-hybridized carbons (Fsp3) is 0.276. The first-order valence-corrected chi connectivity index (χ1v) is 12.5. The highest BCUT2D eigenvalue weighted by molar-refractivity contribution is 5.96. The number of nitrogens with zero attached hydrogens (tertiary/aromatic N) is 5. The zero-order chi connectivity index (χ0) is 27.4. The predicted octanol–water partition coefficient (Wildman–Crippen LogP) is 5.58. The Morgan fingerprint density at radius 1 is 1.13 bits per heavy atom. The van der Waals surface area contributed by atoms with E-state index >= 15 is 0 Å². The van der Waals surface area contributed by atoms with Crippen molar-refractivity contribution in [3.8, 4) is 11.1 Å². The number of carbonyl (C=O) groups is 1. The lowest BCUT2D eigenvalue weighted by Crippen LogP contribution is -2.28. The van der Waals surface area contributed by atoms with E-state index in [0.717, 1.165) is 46.4 Å². The number of likely N-dealkylation sites (N-methyl/N-ethyl adjacent to an activating group) is 1. The Bertz CT molecular complexity index is 1520. The van der Waals surface area contributed by atoms with E-state index in [2.05, 4.69) is 16.5 Å². The smallest absolute Gasteiger partial charge is 0.336 e. The number of rotatable bonds is 9. The molecule has 9 nitrogen and oxygen atoms in total. The van der Waals surface area contributed by atoms with Gasteiger partial charge in [-0.15, -0.1) is 0 Å². The monoisotopic (exact) mass is 513 g/mol. The van der Waals surface area contributed by atoms with Crippen LogP contribution in [0, 0.1) is 17.0 Å². The van der Waals surface area contributed by atoms with Gasteiger partial charge < -0.3 is 14.6 Å². The molecule has 1 aromatic heterocycles. The van der Waals surface area contributed by atoms with Gasteiger partial charge in [0.15, 0.2) is 5.84 Å². The topological polar surface area (TPSA) is 114 Å². The van der Waals surface area contributed by atoms with E-state index < -0.39 is 5.97 Å². The average Bonchev–Trinajstić information content (AvgIpc) is 3.21. The van der Waals surface area contributed by atoms with Crippen LogP contribution in [-0.4, -0.2) is 56.9 Å². The van der Waals surface area contributed by atoms with Crippen molar-refractivity contribution in [1.82, 2.24) is 14.5 Å². The van der Waals surface area contributed by atoms with E-state index in [1.54, 1.807) is 31.1 Å². The van der Waals surface area contributed by atoms with E-state index in [0.29, 0.717) is 23.6 Å². The molecule has 4 rings (SSSR count). The second kappa shape index (κ2) is 11.2. The minimum absolute atomic E-state index is 0.267. The molecule has 9 heteroatoms. The molecule has 0 aliphatic rings. The second-order valence-electron chi connectivity index (χ2n) is 9.46. The molecule has 0 unspecified atom stereocenters. The standard InChI is InChI=1S/C29H31N5O4/c1-5-8-26-31-28-19(2)15-22(30-27(32(3)4)18-34(37)38)16-25(28)33(26)17-20-11-13-21(14-12-20)23-9-6-7-10-24(23)29(35)36/h6-7,9-16H,5,8,17-18H2,1-4H3,(H,35,36). The Hall–Kier alpha value is -4.53. The summed E-state index contributed by atoms with van der Waals surface area (Å²) in [6.07, 6.45) is 1.74. The summed E-state index contributed by atoms with van der Waals surface area (Å²) in [4.78, 5) is 33.6. The van der Waals surface area contributed by atoms with E-state index in [9.17, 15) is 20.0 Å². The van der Waals surface area contributed by atoms with Crippen LogP contribution in [0.25, 0.3) is 22.2 Å². The molecule has 0 saturated heterocycles. The number of aryl methyl sites for hydroxylation is 2. The Kier molecular flexibility index (Phi) is 7.85. The Morgan fingerprint density at radius 3 is 2.47 bits per heavy atom. The molecule has 3 aromatic carbocycles. The largest absolute Gasteiger partial charge is 0.478 e. The van der Waals surface area contributed by atoms with Gasteiger partial charge in [0.05, 0.1) is 22.3 Å². The Labute approximate surface area is 221 Å². The van der Waals surface area contributed by atoms with Crippen molar-refractivity contribution in [2.24, 2.45) is 4.99 Å². The SMILES string of the molecule is CCCc1nc2c(C)cc(N=C(C[N+](=O)[O-])N(C)C)cc2n1Cc1ccc(-c2ccccc2C(=O)O)cc1. The minimum Gasteiger partial charge on any atom is -0.478 e. The molecule has 1 heterocycles. The van der Waals surface area contributed by atoms with Gasteiger partial charge in [0, 0.05) is 32.0 Å². The molecule has 0 radical (unpaired) electrons. The fourth-order valence-corrected chi connectivity index (χ4v) is 4.51. The van der Waals surface area contributed by atoms with Gasteiger partial charge in [0.25, 0.3) is 6.54 Å². The molecular weight excluding hydrogens is 482 g/mol. The zero-order valence-corrected chi connectivity index (χ0v) is 22.0. The van der Waals surface area contributed by atoms with Gasteiger partial charge in [-0.25, -0.2) is 14.8 Å². The third kappa shape index (κ3) is 5.72. The highest BCUT2D eigenvalue weighted by Crippen LogP contribution is 2.29. The van der Waals surface area contributed by atoms with Crippen LogP contribution in [0.2, 0.25) is 0 Å². The molecule has 0 bridgehead atoms. The maximum atomic E-state index is 11.7.